The van der Waals surface area contributed by atoms with Crippen LogP contribution in [0.1, 0.15) is 12.0 Å². The molecule has 2 atom stereocenters. The highest BCUT2D eigenvalue weighted by molar-refractivity contribution is 5.16. The smallest absolute Gasteiger partial charge is 0.0930 e. The lowest BCUT2D eigenvalue weighted by Gasteiger charge is -2.16. The van der Waals surface area contributed by atoms with E-state index >= 15 is 0 Å². The summed E-state index contributed by atoms with van der Waals surface area (Å²) in [6.07, 6.45) is 3.05. The summed E-state index contributed by atoms with van der Waals surface area (Å²) in [5.74, 6) is 1.69. The fourth-order valence-electron chi connectivity index (χ4n) is 2.93. The molecular weight excluding hydrogens is 198 g/mol. The summed E-state index contributed by atoms with van der Waals surface area (Å²) in [4.78, 5) is 2.45. The van der Waals surface area contributed by atoms with Crippen molar-refractivity contribution in [3.63, 3.8) is 0 Å². The predicted molar refractivity (Wildman–Crippen MR) is 64.0 cm³/mol. The minimum absolute atomic E-state index is 0.406. The van der Waals surface area contributed by atoms with Gasteiger partial charge in [0.05, 0.1) is 5.76 Å². The Hall–Kier alpha value is -1.28. The molecule has 1 N–H and O–H groups in total. The summed E-state index contributed by atoms with van der Waals surface area (Å²) >= 11 is 0. The van der Waals surface area contributed by atoms with Gasteiger partial charge in [-0.3, -0.25) is 4.90 Å². The number of fused-ring (bicyclic) bond motifs is 1. The summed E-state index contributed by atoms with van der Waals surface area (Å²) in [6.45, 7) is 3.16. The molecule has 1 aliphatic carbocycles. The molecule has 2 nitrogen and oxygen atoms in total. The van der Waals surface area contributed by atoms with Crippen molar-refractivity contribution in [1.82, 2.24) is 4.90 Å². The van der Waals surface area contributed by atoms with Gasteiger partial charge in [0.15, 0.2) is 0 Å². The fraction of sp³-hybridized carbons (Fsp3) is 0.429. The maximum atomic E-state index is 9.72. The van der Waals surface area contributed by atoms with Crippen molar-refractivity contribution in [3.05, 3.63) is 47.7 Å². The number of allylic oxidation sites excluding steroid dienone is 1. The molecule has 1 heterocycles. The van der Waals surface area contributed by atoms with Crippen LogP contribution in [0.4, 0.5) is 0 Å². The van der Waals surface area contributed by atoms with Crippen LogP contribution in [0, 0.1) is 11.8 Å². The van der Waals surface area contributed by atoms with Gasteiger partial charge in [-0.2, -0.15) is 0 Å². The first kappa shape index (κ1) is 9.91. The molecule has 1 fully saturated rings. The molecule has 1 aromatic rings. The molecule has 1 saturated heterocycles. The second kappa shape index (κ2) is 3.95. The molecule has 0 amide bonds. The lowest BCUT2D eigenvalue weighted by atomic mass is 9.99. The zero-order chi connectivity index (χ0) is 11.0. The number of rotatable bonds is 2. The minimum atomic E-state index is 0.406. The van der Waals surface area contributed by atoms with Gasteiger partial charge < -0.3 is 5.11 Å². The molecule has 1 aromatic carbocycles. The molecule has 0 spiro atoms. The lowest BCUT2D eigenvalue weighted by Crippen LogP contribution is -2.21. The summed E-state index contributed by atoms with van der Waals surface area (Å²) in [5, 5.41) is 9.72. The van der Waals surface area contributed by atoms with Crippen LogP contribution in [0.25, 0.3) is 0 Å². The third-order valence-electron chi connectivity index (χ3n) is 3.78. The van der Waals surface area contributed by atoms with Crippen LogP contribution in [0.3, 0.4) is 0 Å². The van der Waals surface area contributed by atoms with Gasteiger partial charge in [0, 0.05) is 25.6 Å². The monoisotopic (exact) mass is 215 g/mol. The molecule has 0 radical (unpaired) electrons. The van der Waals surface area contributed by atoms with Crippen LogP contribution in [0.2, 0.25) is 0 Å². The standard InChI is InChI=1S/C14H17NO/c16-14-7-6-12-9-15(10-13(12)14)8-11-4-2-1-3-5-11/h1-5,7,12-13,16H,6,8-10H2. The van der Waals surface area contributed by atoms with Gasteiger partial charge in [-0.15, -0.1) is 0 Å². The van der Waals surface area contributed by atoms with Crippen LogP contribution in [0.15, 0.2) is 42.2 Å². The van der Waals surface area contributed by atoms with E-state index in [9.17, 15) is 5.11 Å². The number of likely N-dealkylation sites (tertiary alicyclic amines) is 1. The van der Waals surface area contributed by atoms with Gasteiger partial charge in [-0.05, 0) is 24.0 Å². The topological polar surface area (TPSA) is 23.5 Å². The third kappa shape index (κ3) is 1.74. The van der Waals surface area contributed by atoms with Gasteiger partial charge in [-0.25, -0.2) is 0 Å². The van der Waals surface area contributed by atoms with E-state index in [0.29, 0.717) is 17.6 Å². The van der Waals surface area contributed by atoms with Crippen molar-refractivity contribution in [2.45, 2.75) is 13.0 Å². The van der Waals surface area contributed by atoms with Gasteiger partial charge in [0.25, 0.3) is 0 Å². The highest BCUT2D eigenvalue weighted by atomic mass is 16.3. The molecule has 1 aliphatic heterocycles. The van der Waals surface area contributed by atoms with Crippen LogP contribution < -0.4 is 0 Å². The molecular formula is C14H17NO. The number of aliphatic hydroxyl groups is 1. The van der Waals surface area contributed by atoms with Gasteiger partial charge >= 0.3 is 0 Å². The lowest BCUT2D eigenvalue weighted by molar-refractivity contribution is 0.292. The largest absolute Gasteiger partial charge is 0.512 e. The molecule has 2 aliphatic rings. The first-order chi connectivity index (χ1) is 7.83. The molecule has 0 saturated carbocycles. The van der Waals surface area contributed by atoms with Crippen molar-refractivity contribution >= 4 is 0 Å². The maximum absolute atomic E-state index is 9.72. The van der Waals surface area contributed by atoms with Crippen molar-refractivity contribution in [2.24, 2.45) is 11.8 Å². The molecule has 3 rings (SSSR count). The Morgan fingerprint density at radius 1 is 1.19 bits per heavy atom. The number of hydrogen-bond donors (Lipinski definition) is 1. The van der Waals surface area contributed by atoms with E-state index in [0.717, 1.165) is 26.1 Å². The van der Waals surface area contributed by atoms with Crippen molar-refractivity contribution in [3.8, 4) is 0 Å². The van der Waals surface area contributed by atoms with Crippen LogP contribution in [0.5, 0.6) is 0 Å². The Bertz CT molecular complexity index is 398. The second-order valence-electron chi connectivity index (χ2n) is 4.91. The number of nitrogens with zero attached hydrogens (tertiary/aromatic N) is 1. The van der Waals surface area contributed by atoms with E-state index < -0.39 is 0 Å². The van der Waals surface area contributed by atoms with Crippen LogP contribution in [-0.2, 0) is 6.54 Å². The van der Waals surface area contributed by atoms with Crippen LogP contribution in [-0.4, -0.2) is 23.1 Å². The molecule has 2 heteroatoms. The summed E-state index contributed by atoms with van der Waals surface area (Å²) in [6, 6.07) is 10.6. The highest BCUT2D eigenvalue weighted by Gasteiger charge is 2.37. The quantitative estimate of drug-likeness (QED) is 0.819. The van der Waals surface area contributed by atoms with E-state index in [4.69, 9.17) is 0 Å². The minimum Gasteiger partial charge on any atom is -0.512 e. The van der Waals surface area contributed by atoms with Gasteiger partial charge in [0.1, 0.15) is 0 Å². The number of hydrogen-bond acceptors (Lipinski definition) is 2. The van der Waals surface area contributed by atoms with E-state index in [2.05, 4.69) is 35.2 Å². The predicted octanol–water partition coefficient (Wildman–Crippen LogP) is 2.58. The van der Waals surface area contributed by atoms with E-state index in [-0.39, 0.29) is 0 Å². The Kier molecular flexibility index (Phi) is 2.44. The number of benzene rings is 1. The summed E-state index contributed by atoms with van der Waals surface area (Å²) in [7, 11) is 0. The normalized spacial score (nSPS) is 29.1. The highest BCUT2D eigenvalue weighted by Crippen LogP contribution is 2.37. The molecule has 84 valence electrons. The zero-order valence-corrected chi connectivity index (χ0v) is 9.34. The maximum Gasteiger partial charge on any atom is 0.0930 e. The second-order valence-corrected chi connectivity index (χ2v) is 4.91. The summed E-state index contributed by atoms with van der Waals surface area (Å²) in [5.41, 5.74) is 1.37. The third-order valence-corrected chi connectivity index (χ3v) is 3.78. The van der Waals surface area contributed by atoms with Crippen molar-refractivity contribution < 1.29 is 5.11 Å². The Labute approximate surface area is 96.2 Å². The van der Waals surface area contributed by atoms with E-state index in [1.807, 2.05) is 6.08 Å². The number of aliphatic hydroxyl groups excluding tert-OH is 1. The van der Waals surface area contributed by atoms with Crippen molar-refractivity contribution in [2.75, 3.05) is 13.1 Å². The van der Waals surface area contributed by atoms with Gasteiger partial charge in [-0.1, -0.05) is 30.3 Å². The SMILES string of the molecule is OC1=CCC2CN(Cc3ccccc3)CC12. The molecule has 0 aromatic heterocycles. The average Bonchev–Trinajstić information content (AvgIpc) is 2.83. The molecule has 0 bridgehead atoms. The Balaban J connectivity index is 1.65. The molecule has 2 unspecified atom stereocenters. The summed E-state index contributed by atoms with van der Waals surface area (Å²) < 4.78 is 0. The van der Waals surface area contributed by atoms with Crippen molar-refractivity contribution in [1.29, 1.82) is 0 Å². The average molecular weight is 215 g/mol. The first-order valence-electron chi connectivity index (χ1n) is 5.98. The molecule has 16 heavy (non-hydrogen) atoms. The Morgan fingerprint density at radius 2 is 2.00 bits per heavy atom. The van der Waals surface area contributed by atoms with E-state index in [1.165, 1.54) is 5.56 Å². The zero-order valence-electron chi connectivity index (χ0n) is 9.34. The van der Waals surface area contributed by atoms with E-state index in [1.54, 1.807) is 0 Å². The Morgan fingerprint density at radius 3 is 2.75 bits per heavy atom. The fourth-order valence-corrected chi connectivity index (χ4v) is 2.93. The van der Waals surface area contributed by atoms with Crippen LogP contribution >= 0.6 is 0 Å². The first-order valence-corrected chi connectivity index (χ1v) is 5.98. The van der Waals surface area contributed by atoms with Gasteiger partial charge in [0.2, 0.25) is 0 Å².